The molecule has 0 aromatic heterocycles. The summed E-state index contributed by atoms with van der Waals surface area (Å²) in [6, 6.07) is 0. The third-order valence-electron chi connectivity index (χ3n) is 4.35. The summed E-state index contributed by atoms with van der Waals surface area (Å²) in [5, 5.41) is 0. The Labute approximate surface area is 242 Å². The first kappa shape index (κ1) is 42.4. The second kappa shape index (κ2) is 12.9. The summed E-state index contributed by atoms with van der Waals surface area (Å²) in [6.45, 7) is 10.7. The van der Waals surface area contributed by atoms with E-state index >= 15 is 0 Å². The van der Waals surface area contributed by atoms with Crippen molar-refractivity contribution in [3.05, 3.63) is 13.8 Å². The predicted molar refractivity (Wildman–Crippen MR) is 105 cm³/mol. The van der Waals surface area contributed by atoms with E-state index in [1.54, 1.807) is 0 Å². The predicted octanol–water partition coefficient (Wildman–Crippen LogP) is 6.03. The maximum Gasteiger partial charge on any atom is 2.00 e. The summed E-state index contributed by atoms with van der Waals surface area (Å²) in [5.74, 6) is -33.2. The zero-order valence-corrected chi connectivity index (χ0v) is 22.7. The summed E-state index contributed by atoms with van der Waals surface area (Å²) in [7, 11) is 0. The molecule has 0 aliphatic carbocycles. The molecule has 0 atom stereocenters. The van der Waals surface area contributed by atoms with Gasteiger partial charge in [0.2, 0.25) is 11.6 Å². The van der Waals surface area contributed by atoms with Crippen LogP contribution < -0.4 is 0 Å². The van der Waals surface area contributed by atoms with Gasteiger partial charge < -0.3 is 23.4 Å². The Kier molecular flexibility index (Phi) is 14.0. The van der Waals surface area contributed by atoms with Gasteiger partial charge in [0.05, 0.1) is 12.8 Å². The van der Waals surface area contributed by atoms with Gasteiger partial charge in [-0.05, 0) is 0 Å². The topological polar surface area (TPSA) is 68.3 Å². The molecule has 0 saturated heterocycles. The van der Waals surface area contributed by atoms with Gasteiger partial charge in [-0.2, -0.15) is 61.5 Å². The standard InChI is InChI=1S/2C10H10F7O2.Ca/c2*1-7(2,3)5(18)4-6(19)8(11,12)9(13,14)10(15,16)17;/h2*1,4H2,2-3H3;/q2*-1;+2. The molecule has 0 spiro atoms. The fourth-order valence-electron chi connectivity index (χ4n) is 1.70. The van der Waals surface area contributed by atoms with Crippen LogP contribution in [0.1, 0.15) is 40.5 Å². The van der Waals surface area contributed by atoms with Crippen LogP contribution in [0, 0.1) is 24.7 Å². The number of hydrogen-bond acceptors (Lipinski definition) is 4. The molecule has 0 rings (SSSR count). The fourth-order valence-corrected chi connectivity index (χ4v) is 1.70. The zero-order chi connectivity index (χ0) is 31.7. The minimum Gasteiger partial charge on any atom is -0.331 e. The van der Waals surface area contributed by atoms with Crippen LogP contribution in [0.5, 0.6) is 0 Å². The number of ketones is 4. The zero-order valence-electron chi connectivity index (χ0n) is 20.5. The molecule has 0 aliphatic rings. The third kappa shape index (κ3) is 10.1. The summed E-state index contributed by atoms with van der Waals surface area (Å²) >= 11 is 0. The molecule has 4 nitrogen and oxygen atoms in total. The monoisotopic (exact) mass is 630 g/mol. The Morgan fingerprint density at radius 3 is 0.769 bits per heavy atom. The van der Waals surface area contributed by atoms with Crippen LogP contribution in [0.25, 0.3) is 0 Å². The molecule has 0 aliphatic heterocycles. The molecule has 0 amide bonds. The van der Waals surface area contributed by atoms with E-state index in [-0.39, 0.29) is 37.7 Å². The van der Waals surface area contributed by atoms with Crippen LogP contribution >= 0.6 is 0 Å². The van der Waals surface area contributed by atoms with Gasteiger partial charge in [-0.3, -0.25) is 9.59 Å². The Morgan fingerprint density at radius 1 is 0.462 bits per heavy atom. The minimum absolute atomic E-state index is 0. The Morgan fingerprint density at radius 2 is 0.641 bits per heavy atom. The number of alkyl halides is 14. The van der Waals surface area contributed by atoms with Crippen molar-refractivity contribution in [1.82, 2.24) is 0 Å². The van der Waals surface area contributed by atoms with Gasteiger partial charge in [-0.1, -0.05) is 27.7 Å². The van der Waals surface area contributed by atoms with Crippen LogP contribution in [0.2, 0.25) is 0 Å². The summed E-state index contributed by atoms with van der Waals surface area (Å²) in [6.07, 6.45) is -16.7. The molecule has 0 fully saturated rings. The Hall–Kier alpha value is -1.04. The number of halogens is 14. The molecule has 0 aromatic rings. The van der Waals surface area contributed by atoms with Gasteiger partial charge in [0.1, 0.15) is 11.6 Å². The molecule has 0 saturated carbocycles. The van der Waals surface area contributed by atoms with Gasteiger partial charge in [0.15, 0.2) is 0 Å². The molecule has 39 heavy (non-hydrogen) atoms. The molecule has 0 radical (unpaired) electrons. The number of carbonyl (C=O) groups is 4. The van der Waals surface area contributed by atoms with Gasteiger partial charge in [0, 0.05) is 0 Å². The molecule has 0 N–H and O–H groups in total. The van der Waals surface area contributed by atoms with Crippen molar-refractivity contribution in [2.75, 3.05) is 0 Å². The summed E-state index contributed by atoms with van der Waals surface area (Å²) in [4.78, 5) is 44.0. The molecule has 0 unspecified atom stereocenters. The Bertz CT molecular complexity index is 833. The van der Waals surface area contributed by atoms with Crippen molar-refractivity contribution < 1.29 is 80.6 Å². The average molecular weight is 630 g/mol. The van der Waals surface area contributed by atoms with E-state index in [1.165, 1.54) is 0 Å². The van der Waals surface area contributed by atoms with E-state index in [9.17, 15) is 80.6 Å². The van der Waals surface area contributed by atoms with E-state index in [1.807, 2.05) is 0 Å². The van der Waals surface area contributed by atoms with E-state index in [4.69, 9.17) is 0 Å². The summed E-state index contributed by atoms with van der Waals surface area (Å²) in [5.41, 5.74) is -3.11. The second-order valence-electron chi connectivity index (χ2n) is 9.11. The van der Waals surface area contributed by atoms with Crippen molar-refractivity contribution in [2.45, 2.75) is 76.6 Å². The van der Waals surface area contributed by atoms with Gasteiger partial charge >= 0.3 is 73.8 Å². The maximum atomic E-state index is 12.8. The largest absolute Gasteiger partial charge is 2.00 e. The second-order valence-corrected chi connectivity index (χ2v) is 9.11. The van der Waals surface area contributed by atoms with E-state index < -0.39 is 82.8 Å². The SMILES string of the molecule is [CH2-]C(C)(C)C(=O)CC(=O)C(F)(F)C(F)(F)C(F)(F)F.[CH2-]C(C)(C)C(=O)CC(=O)C(F)(F)C(F)(F)C(F)(F)F.[Ca+2]. The maximum absolute atomic E-state index is 12.8. The van der Waals surface area contributed by atoms with Crippen molar-refractivity contribution in [3.8, 4) is 0 Å². The molecule has 224 valence electrons. The quantitative estimate of drug-likeness (QED) is 0.128. The number of carbonyl (C=O) groups excluding carboxylic acids is 4. The van der Waals surface area contributed by atoms with Crippen molar-refractivity contribution in [3.63, 3.8) is 0 Å². The molecule has 0 aromatic carbocycles. The third-order valence-corrected chi connectivity index (χ3v) is 4.35. The minimum atomic E-state index is -6.60. The van der Waals surface area contributed by atoms with Crippen LogP contribution in [-0.2, 0) is 19.2 Å². The van der Waals surface area contributed by atoms with Crippen molar-refractivity contribution in [2.24, 2.45) is 10.8 Å². The van der Waals surface area contributed by atoms with Gasteiger partial charge in [-0.25, -0.2) is 0 Å². The Balaban J connectivity index is -0.000000648. The van der Waals surface area contributed by atoms with E-state index in [0.717, 1.165) is 27.7 Å². The summed E-state index contributed by atoms with van der Waals surface area (Å²) < 4.78 is 172. The molecular formula is C20H20CaF14O4. The number of Topliss-reactive ketones (excluding diaryl/α,β-unsaturated/α-hetero) is 4. The van der Waals surface area contributed by atoms with Gasteiger partial charge in [0.25, 0.3) is 0 Å². The van der Waals surface area contributed by atoms with Crippen molar-refractivity contribution >= 4 is 60.9 Å². The normalized spacial score (nSPS) is 14.1. The molecule has 19 heteroatoms. The van der Waals surface area contributed by atoms with E-state index in [2.05, 4.69) is 13.8 Å². The smallest absolute Gasteiger partial charge is 0.331 e. The molecular weight excluding hydrogens is 610 g/mol. The average Bonchev–Trinajstić information content (AvgIpc) is 2.64. The van der Waals surface area contributed by atoms with Crippen LogP contribution in [0.4, 0.5) is 61.5 Å². The fraction of sp³-hybridized carbons (Fsp3) is 0.700. The van der Waals surface area contributed by atoms with Crippen LogP contribution in [0.15, 0.2) is 0 Å². The first-order valence-electron chi connectivity index (χ1n) is 9.58. The first-order valence-corrected chi connectivity index (χ1v) is 9.58. The van der Waals surface area contributed by atoms with Crippen LogP contribution in [0.3, 0.4) is 0 Å². The number of rotatable bonds is 10. The van der Waals surface area contributed by atoms with Gasteiger partial charge in [-0.15, -0.1) is 10.8 Å². The van der Waals surface area contributed by atoms with E-state index in [0.29, 0.717) is 0 Å². The molecule has 0 bridgehead atoms. The number of hydrogen-bond donors (Lipinski definition) is 0. The van der Waals surface area contributed by atoms with Crippen molar-refractivity contribution in [1.29, 1.82) is 0 Å². The first-order chi connectivity index (χ1) is 16.1. The molecule has 0 heterocycles. The van der Waals surface area contributed by atoms with Crippen LogP contribution in [-0.4, -0.2) is 96.9 Å².